The molecule has 0 unspecified atom stereocenters. The smallest absolute Gasteiger partial charge is 0.276 e. The van der Waals surface area contributed by atoms with Crippen LogP contribution in [0.15, 0.2) is 41.8 Å². The molecule has 2 amide bonds. The molecule has 0 bridgehead atoms. The van der Waals surface area contributed by atoms with Gasteiger partial charge in [0.25, 0.3) is 5.91 Å². The molecule has 136 valence electrons. The second-order valence-corrected chi connectivity index (χ2v) is 6.84. The van der Waals surface area contributed by atoms with Crippen LogP contribution >= 0.6 is 23.6 Å². The van der Waals surface area contributed by atoms with Crippen LogP contribution < -0.4 is 20.9 Å². The molecule has 2 aromatic rings. The van der Waals surface area contributed by atoms with Crippen molar-refractivity contribution < 1.29 is 14.3 Å². The van der Waals surface area contributed by atoms with E-state index >= 15 is 0 Å². The standard InChI is InChI=1S/C18H19N3O3S2/c1-12-8-13(2)10-14(9-12)24-11-17(23)20-21-18(25)19-16(22)6-5-15-4-3-7-26-15/h3-10H,11H2,1-2H3,(H,20,23)(H2,19,21,22,25)/b6-5+. The first-order valence-corrected chi connectivity index (χ1v) is 9.03. The summed E-state index contributed by atoms with van der Waals surface area (Å²) in [5.41, 5.74) is 6.93. The van der Waals surface area contributed by atoms with Gasteiger partial charge in [0.05, 0.1) is 0 Å². The Morgan fingerprint density at radius 1 is 1.19 bits per heavy atom. The lowest BCUT2D eigenvalue weighted by Crippen LogP contribution is -2.49. The van der Waals surface area contributed by atoms with Crippen LogP contribution in [0.4, 0.5) is 0 Å². The van der Waals surface area contributed by atoms with E-state index in [0.717, 1.165) is 16.0 Å². The molecule has 3 N–H and O–H groups in total. The fourth-order valence-electron chi connectivity index (χ4n) is 2.06. The van der Waals surface area contributed by atoms with Gasteiger partial charge in [-0.05, 0) is 66.8 Å². The van der Waals surface area contributed by atoms with Crippen LogP contribution in [0, 0.1) is 13.8 Å². The predicted octanol–water partition coefficient (Wildman–Crippen LogP) is 2.48. The number of ether oxygens (including phenoxy) is 1. The average molecular weight is 390 g/mol. The second-order valence-electron chi connectivity index (χ2n) is 5.45. The molecule has 0 fully saturated rings. The Hall–Kier alpha value is -2.71. The molecule has 0 radical (unpaired) electrons. The lowest BCUT2D eigenvalue weighted by Gasteiger charge is -2.11. The van der Waals surface area contributed by atoms with Crippen LogP contribution in [-0.4, -0.2) is 23.5 Å². The first kappa shape index (κ1) is 19.6. The molecule has 8 heteroatoms. The zero-order chi connectivity index (χ0) is 18.9. The van der Waals surface area contributed by atoms with Gasteiger partial charge in [0.2, 0.25) is 5.91 Å². The monoisotopic (exact) mass is 389 g/mol. The quantitative estimate of drug-likeness (QED) is 0.416. The van der Waals surface area contributed by atoms with Gasteiger partial charge in [0.1, 0.15) is 5.75 Å². The van der Waals surface area contributed by atoms with Crippen molar-refractivity contribution in [1.82, 2.24) is 16.2 Å². The van der Waals surface area contributed by atoms with Crippen LogP contribution in [0.25, 0.3) is 6.08 Å². The van der Waals surface area contributed by atoms with Crippen LogP contribution in [-0.2, 0) is 9.59 Å². The molecule has 1 aromatic heterocycles. The first-order valence-electron chi connectivity index (χ1n) is 7.75. The second kappa shape index (κ2) is 9.69. The van der Waals surface area contributed by atoms with E-state index in [1.54, 1.807) is 6.08 Å². The Balaban J connectivity index is 1.69. The molecule has 1 aromatic carbocycles. The third-order valence-electron chi connectivity index (χ3n) is 3.06. The topological polar surface area (TPSA) is 79.5 Å². The summed E-state index contributed by atoms with van der Waals surface area (Å²) in [5.74, 6) is -0.196. The molecule has 0 aliphatic rings. The number of hydrogen-bond donors (Lipinski definition) is 3. The molecule has 2 rings (SSSR count). The Labute approximate surface area is 161 Å². The van der Waals surface area contributed by atoms with Gasteiger partial charge in [-0.1, -0.05) is 12.1 Å². The zero-order valence-corrected chi connectivity index (χ0v) is 16.0. The fraction of sp³-hybridized carbons (Fsp3) is 0.167. The summed E-state index contributed by atoms with van der Waals surface area (Å²) < 4.78 is 5.43. The van der Waals surface area contributed by atoms with E-state index in [2.05, 4.69) is 16.2 Å². The molecule has 0 saturated heterocycles. The number of aryl methyl sites for hydroxylation is 2. The van der Waals surface area contributed by atoms with Gasteiger partial charge in [-0.25, -0.2) is 0 Å². The molecule has 0 saturated carbocycles. The Morgan fingerprint density at radius 2 is 1.92 bits per heavy atom. The van der Waals surface area contributed by atoms with Crippen molar-refractivity contribution >= 4 is 46.6 Å². The summed E-state index contributed by atoms with van der Waals surface area (Å²) in [6.07, 6.45) is 3.05. The maximum Gasteiger partial charge on any atom is 0.276 e. The first-order chi connectivity index (χ1) is 12.4. The fourth-order valence-corrected chi connectivity index (χ4v) is 2.83. The van der Waals surface area contributed by atoms with E-state index in [-0.39, 0.29) is 11.7 Å². The van der Waals surface area contributed by atoms with Crippen LogP contribution in [0.5, 0.6) is 5.75 Å². The molecule has 0 spiro atoms. The van der Waals surface area contributed by atoms with Gasteiger partial charge in [0.15, 0.2) is 11.7 Å². The summed E-state index contributed by atoms with van der Waals surface area (Å²) >= 11 is 6.46. The van der Waals surface area contributed by atoms with Gasteiger partial charge in [-0.2, -0.15) is 0 Å². The highest BCUT2D eigenvalue weighted by atomic mass is 32.1. The Morgan fingerprint density at radius 3 is 2.58 bits per heavy atom. The molecule has 26 heavy (non-hydrogen) atoms. The molecular formula is C18H19N3O3S2. The largest absolute Gasteiger partial charge is 0.484 e. The SMILES string of the molecule is Cc1cc(C)cc(OCC(=O)NNC(=S)NC(=O)/C=C/c2cccs2)c1. The Kier molecular flexibility index (Phi) is 7.31. The van der Waals surface area contributed by atoms with Crippen molar-refractivity contribution in [3.05, 3.63) is 57.8 Å². The normalized spacial score (nSPS) is 10.4. The summed E-state index contributed by atoms with van der Waals surface area (Å²) in [6.45, 7) is 3.73. The molecule has 6 nitrogen and oxygen atoms in total. The summed E-state index contributed by atoms with van der Waals surface area (Å²) in [5, 5.41) is 4.34. The highest BCUT2D eigenvalue weighted by Gasteiger charge is 2.06. The number of benzene rings is 1. The molecule has 0 atom stereocenters. The van der Waals surface area contributed by atoms with Gasteiger partial charge in [-0.3, -0.25) is 25.8 Å². The van der Waals surface area contributed by atoms with Crippen molar-refractivity contribution in [2.45, 2.75) is 13.8 Å². The average Bonchev–Trinajstić information content (AvgIpc) is 3.09. The summed E-state index contributed by atoms with van der Waals surface area (Å²) in [4.78, 5) is 24.4. The number of hydrogen-bond acceptors (Lipinski definition) is 5. The van der Waals surface area contributed by atoms with Crippen molar-refractivity contribution in [3.8, 4) is 5.75 Å². The van der Waals surface area contributed by atoms with Crippen LogP contribution in [0.3, 0.4) is 0 Å². The molecule has 0 aliphatic heterocycles. The molecular weight excluding hydrogens is 370 g/mol. The highest BCUT2D eigenvalue weighted by molar-refractivity contribution is 7.80. The number of nitrogens with one attached hydrogen (secondary N) is 3. The van der Waals surface area contributed by atoms with Crippen molar-refractivity contribution in [2.24, 2.45) is 0 Å². The van der Waals surface area contributed by atoms with E-state index in [1.807, 2.05) is 49.6 Å². The minimum atomic E-state index is -0.421. The number of carbonyl (C=O) groups excluding carboxylic acids is 2. The van der Waals surface area contributed by atoms with Crippen LogP contribution in [0.1, 0.15) is 16.0 Å². The maximum atomic E-state index is 11.8. The number of amides is 2. The van der Waals surface area contributed by atoms with Crippen molar-refractivity contribution in [2.75, 3.05) is 6.61 Å². The van der Waals surface area contributed by atoms with Gasteiger partial charge in [-0.15, -0.1) is 11.3 Å². The molecule has 0 aliphatic carbocycles. The van der Waals surface area contributed by atoms with Crippen molar-refractivity contribution in [1.29, 1.82) is 0 Å². The number of thiophene rings is 1. The predicted molar refractivity (Wildman–Crippen MR) is 107 cm³/mol. The van der Waals surface area contributed by atoms with Gasteiger partial charge >= 0.3 is 0 Å². The Bertz CT molecular complexity index is 797. The minimum Gasteiger partial charge on any atom is -0.484 e. The lowest BCUT2D eigenvalue weighted by molar-refractivity contribution is -0.123. The minimum absolute atomic E-state index is 0.00872. The summed E-state index contributed by atoms with van der Waals surface area (Å²) in [7, 11) is 0. The van der Waals surface area contributed by atoms with E-state index in [1.165, 1.54) is 17.4 Å². The summed E-state index contributed by atoms with van der Waals surface area (Å²) in [6, 6.07) is 9.49. The van der Waals surface area contributed by atoms with Gasteiger partial charge in [0, 0.05) is 11.0 Å². The van der Waals surface area contributed by atoms with E-state index in [4.69, 9.17) is 17.0 Å². The number of thiocarbonyl (C=S) groups is 1. The number of carbonyl (C=O) groups is 2. The van der Waals surface area contributed by atoms with E-state index < -0.39 is 11.8 Å². The third-order valence-corrected chi connectivity index (χ3v) is 4.10. The lowest BCUT2D eigenvalue weighted by atomic mass is 10.1. The van der Waals surface area contributed by atoms with E-state index in [9.17, 15) is 9.59 Å². The number of hydrazine groups is 1. The number of rotatable bonds is 5. The van der Waals surface area contributed by atoms with Crippen molar-refractivity contribution in [3.63, 3.8) is 0 Å². The van der Waals surface area contributed by atoms with Crippen LogP contribution in [0.2, 0.25) is 0 Å². The third kappa shape index (κ3) is 7.04. The zero-order valence-electron chi connectivity index (χ0n) is 14.4. The van der Waals surface area contributed by atoms with E-state index in [0.29, 0.717) is 5.75 Å². The highest BCUT2D eigenvalue weighted by Crippen LogP contribution is 2.15. The maximum absolute atomic E-state index is 11.8. The molecule has 1 heterocycles. The van der Waals surface area contributed by atoms with Gasteiger partial charge < -0.3 is 4.74 Å².